The number of carbonyl (C=O) groups is 2. The topological polar surface area (TPSA) is 106 Å². The van der Waals surface area contributed by atoms with Crippen molar-refractivity contribution in [1.82, 2.24) is 19.9 Å². The fourth-order valence-corrected chi connectivity index (χ4v) is 4.23. The molecule has 1 amide bonds. The van der Waals surface area contributed by atoms with E-state index >= 15 is 0 Å². The van der Waals surface area contributed by atoms with Crippen LogP contribution in [0.4, 0.5) is 0 Å². The van der Waals surface area contributed by atoms with E-state index in [1.807, 2.05) is 0 Å². The van der Waals surface area contributed by atoms with Gasteiger partial charge in [0.2, 0.25) is 0 Å². The highest BCUT2D eigenvalue weighted by Gasteiger charge is 2.38. The third-order valence-electron chi connectivity index (χ3n) is 5.70. The van der Waals surface area contributed by atoms with Gasteiger partial charge in [-0.3, -0.25) is 4.79 Å². The van der Waals surface area contributed by atoms with E-state index in [4.69, 9.17) is 9.72 Å². The van der Waals surface area contributed by atoms with Crippen molar-refractivity contribution >= 4 is 31.1 Å². The third kappa shape index (κ3) is 4.89. The van der Waals surface area contributed by atoms with Gasteiger partial charge in [-0.1, -0.05) is 19.6 Å². The second kappa shape index (κ2) is 8.11. The van der Waals surface area contributed by atoms with E-state index in [9.17, 15) is 14.7 Å². The van der Waals surface area contributed by atoms with Crippen molar-refractivity contribution in [3.63, 3.8) is 0 Å². The van der Waals surface area contributed by atoms with Gasteiger partial charge in [0, 0.05) is 26.8 Å². The van der Waals surface area contributed by atoms with Crippen LogP contribution >= 0.6 is 0 Å². The SMILES string of the molecule is C[Si](C)(C)CCOCn1cc(C(=O)N[C@@H](C(=O)O)C2CC2)c2nc(C3CC3)cnc21. The summed E-state index contributed by atoms with van der Waals surface area (Å²) in [6.07, 6.45) is 7.31. The number of fused-ring (bicyclic) bond motifs is 1. The van der Waals surface area contributed by atoms with Crippen molar-refractivity contribution in [3.05, 3.63) is 23.7 Å². The molecule has 2 fully saturated rings. The van der Waals surface area contributed by atoms with E-state index < -0.39 is 26.0 Å². The molecule has 2 aromatic heterocycles. The maximum absolute atomic E-state index is 13.0. The smallest absolute Gasteiger partial charge is 0.326 e. The molecule has 0 bridgehead atoms. The van der Waals surface area contributed by atoms with Gasteiger partial charge in [0.25, 0.3) is 5.91 Å². The average molecular weight is 431 g/mol. The van der Waals surface area contributed by atoms with Gasteiger partial charge in [-0.05, 0) is 37.6 Å². The Morgan fingerprint density at radius 1 is 1.30 bits per heavy atom. The number of ether oxygens (including phenoxy) is 1. The fourth-order valence-electron chi connectivity index (χ4n) is 3.48. The monoisotopic (exact) mass is 430 g/mol. The lowest BCUT2D eigenvalue weighted by Crippen LogP contribution is -2.42. The molecule has 0 radical (unpaired) electrons. The molecule has 2 aliphatic carbocycles. The Hall–Kier alpha value is -2.26. The van der Waals surface area contributed by atoms with Crippen LogP contribution in [0, 0.1) is 5.92 Å². The van der Waals surface area contributed by atoms with Crippen LogP contribution < -0.4 is 5.32 Å². The van der Waals surface area contributed by atoms with Gasteiger partial charge in [-0.15, -0.1) is 0 Å². The Balaban J connectivity index is 1.57. The first kappa shape index (κ1) is 21.0. The Kier molecular flexibility index (Phi) is 5.67. The van der Waals surface area contributed by atoms with Gasteiger partial charge < -0.3 is 19.7 Å². The molecule has 2 saturated carbocycles. The van der Waals surface area contributed by atoms with Gasteiger partial charge in [-0.2, -0.15) is 0 Å². The summed E-state index contributed by atoms with van der Waals surface area (Å²) < 4.78 is 7.66. The number of nitrogens with zero attached hydrogens (tertiary/aromatic N) is 3. The van der Waals surface area contributed by atoms with E-state index in [2.05, 4.69) is 29.9 Å². The van der Waals surface area contributed by atoms with Crippen LogP contribution in [0.2, 0.25) is 25.7 Å². The van der Waals surface area contributed by atoms with E-state index in [0.29, 0.717) is 29.3 Å². The first-order valence-corrected chi connectivity index (χ1v) is 14.4. The molecular formula is C21H30N4O4Si. The van der Waals surface area contributed by atoms with Crippen LogP contribution in [0.5, 0.6) is 0 Å². The number of rotatable bonds is 10. The second-order valence-electron chi connectivity index (χ2n) is 9.73. The molecule has 8 nitrogen and oxygen atoms in total. The van der Waals surface area contributed by atoms with Crippen LogP contribution in [0.15, 0.2) is 12.4 Å². The number of carboxylic acids is 1. The van der Waals surface area contributed by atoms with E-state index in [0.717, 1.165) is 37.4 Å². The number of hydrogen-bond acceptors (Lipinski definition) is 5. The molecule has 1 atom stereocenters. The number of aliphatic carboxylic acids is 1. The Bertz CT molecular complexity index is 960. The molecule has 0 aliphatic heterocycles. The molecule has 2 aromatic rings. The Morgan fingerprint density at radius 3 is 2.63 bits per heavy atom. The van der Waals surface area contributed by atoms with Crippen molar-refractivity contribution < 1.29 is 19.4 Å². The van der Waals surface area contributed by atoms with Gasteiger partial charge in [0.15, 0.2) is 5.65 Å². The predicted octanol–water partition coefficient (Wildman–Crippen LogP) is 3.21. The normalized spacial score (nSPS) is 17.8. The molecule has 2 N–H and O–H groups in total. The number of carbonyl (C=O) groups excluding carboxylic acids is 1. The fraction of sp³-hybridized carbons (Fsp3) is 0.619. The molecule has 2 aliphatic rings. The predicted molar refractivity (Wildman–Crippen MR) is 115 cm³/mol. The average Bonchev–Trinajstić information content (AvgIpc) is 3.58. The molecule has 4 rings (SSSR count). The number of amides is 1. The lowest BCUT2D eigenvalue weighted by Gasteiger charge is -2.15. The first-order valence-electron chi connectivity index (χ1n) is 10.7. The molecular weight excluding hydrogens is 400 g/mol. The summed E-state index contributed by atoms with van der Waals surface area (Å²) in [6.45, 7) is 7.85. The summed E-state index contributed by atoms with van der Waals surface area (Å²) in [5, 5.41) is 12.2. The van der Waals surface area contributed by atoms with Crippen LogP contribution in [-0.2, 0) is 16.3 Å². The zero-order chi connectivity index (χ0) is 21.5. The maximum Gasteiger partial charge on any atom is 0.326 e. The van der Waals surface area contributed by atoms with Crippen molar-refractivity contribution in [2.75, 3.05) is 6.61 Å². The summed E-state index contributed by atoms with van der Waals surface area (Å²) in [5.74, 6) is -0.985. The summed E-state index contributed by atoms with van der Waals surface area (Å²) in [5.41, 5.74) is 2.37. The molecule has 0 saturated heterocycles. The van der Waals surface area contributed by atoms with Crippen LogP contribution in [0.3, 0.4) is 0 Å². The number of nitrogens with one attached hydrogen (secondary N) is 1. The lowest BCUT2D eigenvalue weighted by atomic mass is 10.1. The minimum Gasteiger partial charge on any atom is -0.480 e. The summed E-state index contributed by atoms with van der Waals surface area (Å²) in [4.78, 5) is 33.8. The van der Waals surface area contributed by atoms with Crippen molar-refractivity contribution in [3.8, 4) is 0 Å². The zero-order valence-corrected chi connectivity index (χ0v) is 18.9. The van der Waals surface area contributed by atoms with Crippen molar-refractivity contribution in [1.29, 1.82) is 0 Å². The molecule has 162 valence electrons. The molecule has 9 heteroatoms. The summed E-state index contributed by atoms with van der Waals surface area (Å²) >= 11 is 0. The Morgan fingerprint density at radius 2 is 2.03 bits per heavy atom. The number of carboxylic acid groups (broad SMARTS) is 1. The van der Waals surface area contributed by atoms with Gasteiger partial charge in [-0.25, -0.2) is 14.8 Å². The molecule has 0 aromatic carbocycles. The van der Waals surface area contributed by atoms with Crippen LogP contribution in [0.25, 0.3) is 11.2 Å². The van der Waals surface area contributed by atoms with Gasteiger partial charge in [0.05, 0.1) is 17.5 Å². The minimum absolute atomic E-state index is 0.0119. The second-order valence-corrected chi connectivity index (χ2v) is 15.4. The molecule has 0 unspecified atom stereocenters. The van der Waals surface area contributed by atoms with Crippen LogP contribution in [0.1, 0.15) is 47.7 Å². The quantitative estimate of drug-likeness (QED) is 0.443. The van der Waals surface area contributed by atoms with E-state index in [1.165, 1.54) is 0 Å². The summed E-state index contributed by atoms with van der Waals surface area (Å²) in [6, 6.07) is 0.196. The van der Waals surface area contributed by atoms with Crippen molar-refractivity contribution in [2.45, 2.75) is 70.1 Å². The largest absolute Gasteiger partial charge is 0.480 e. The third-order valence-corrected chi connectivity index (χ3v) is 7.40. The van der Waals surface area contributed by atoms with Gasteiger partial charge >= 0.3 is 5.97 Å². The van der Waals surface area contributed by atoms with Crippen LogP contribution in [-0.4, -0.2) is 52.2 Å². The molecule has 0 spiro atoms. The highest BCUT2D eigenvalue weighted by Crippen LogP contribution is 2.39. The minimum atomic E-state index is -1.19. The maximum atomic E-state index is 13.0. The number of aromatic nitrogens is 3. The summed E-state index contributed by atoms with van der Waals surface area (Å²) in [7, 11) is -1.19. The van der Waals surface area contributed by atoms with E-state index in [-0.39, 0.29) is 12.6 Å². The highest BCUT2D eigenvalue weighted by atomic mass is 28.3. The van der Waals surface area contributed by atoms with E-state index in [1.54, 1.807) is 17.0 Å². The Labute approximate surface area is 177 Å². The molecule has 30 heavy (non-hydrogen) atoms. The van der Waals surface area contributed by atoms with Crippen molar-refractivity contribution in [2.24, 2.45) is 5.92 Å². The highest BCUT2D eigenvalue weighted by molar-refractivity contribution is 6.76. The van der Waals surface area contributed by atoms with Gasteiger partial charge in [0.1, 0.15) is 18.3 Å². The molecule has 2 heterocycles. The lowest BCUT2D eigenvalue weighted by molar-refractivity contribution is -0.139. The standard InChI is InChI=1S/C21H30N4O4Si/c1-30(2,3)9-8-29-12-25-11-15(20(26)24-17(21(27)28)14-6-7-14)18-19(25)22-10-16(23-18)13-4-5-13/h10-11,13-14,17H,4-9,12H2,1-3H3,(H,24,26)(H,27,28)/t17-/m1/s1. The first-order chi connectivity index (χ1) is 14.2. The zero-order valence-electron chi connectivity index (χ0n) is 17.9. The number of hydrogen-bond donors (Lipinski definition) is 2.